The summed E-state index contributed by atoms with van der Waals surface area (Å²) in [5, 5.41) is 29.2. The molecule has 0 aliphatic heterocycles. The Kier molecular flexibility index (Phi) is 6.77. The van der Waals surface area contributed by atoms with Crippen LogP contribution in [0.15, 0.2) is 48.1 Å². The maximum Gasteiger partial charge on any atom is 0.412 e. The predicted molar refractivity (Wildman–Crippen MR) is 162 cm³/mol. The number of carbonyl (C=O) groups excluding carboxylic acids is 4. The molecule has 9 nitrogen and oxygen atoms in total. The molecule has 2 unspecified atom stereocenters. The van der Waals surface area contributed by atoms with E-state index in [0.717, 1.165) is 0 Å². The lowest BCUT2D eigenvalue weighted by Crippen LogP contribution is -2.69. The Morgan fingerprint density at radius 3 is 2.42 bits per heavy atom. The number of fused-ring (bicyclic) bond motifs is 6. The Bertz CT molecular complexity index is 1530. The van der Waals surface area contributed by atoms with E-state index in [9.17, 15) is 29.4 Å². The normalized spacial score (nSPS) is 43.8. The molecule has 5 fully saturated rings. The molecule has 1 aromatic carbocycles. The van der Waals surface area contributed by atoms with Crippen LogP contribution in [0, 0.1) is 40.4 Å². The van der Waals surface area contributed by atoms with E-state index in [1.165, 1.54) is 25.0 Å². The van der Waals surface area contributed by atoms with Crippen LogP contribution in [-0.2, 0) is 14.3 Å². The highest BCUT2D eigenvalue weighted by molar-refractivity contribution is 6.01. The van der Waals surface area contributed by atoms with Gasteiger partial charge in [0.1, 0.15) is 5.60 Å². The van der Waals surface area contributed by atoms with E-state index in [1.54, 1.807) is 51.1 Å². The highest BCUT2D eigenvalue weighted by atomic mass is 19.1. The molecule has 7 rings (SSSR count). The standard InChI is InChI=1S/C35H41FN2O7/c1-18-14-26-25-11-6-20-15-22(39)12-13-32(20,2)34(25,36)27(40)16-33(26,3)35(18,44)28(41)17-45-31(43)37-21-7-4-19(5-8-21)30(42)38-29-23-9-10-24(23)29/h4-5,7-8,12-13,15,18,23-27,29,40,44H,6,9-11,14,16-17H2,1-3H3,(H,37,43)(H,38,42)/t18-,23?,24?,25+,26+,27+,29?,32+,33+,34+,35+/m1/s1. The third-order valence-electron chi connectivity index (χ3n) is 12.8. The number of halogens is 1. The molecule has 6 aliphatic rings. The molecular formula is C35H41FN2O7. The highest BCUT2D eigenvalue weighted by Crippen LogP contribution is 2.70. The average molecular weight is 621 g/mol. The molecule has 5 saturated carbocycles. The summed E-state index contributed by atoms with van der Waals surface area (Å²) in [4.78, 5) is 50.9. The zero-order chi connectivity index (χ0) is 32.1. The number of ketones is 2. The van der Waals surface area contributed by atoms with Crippen LogP contribution in [0.1, 0.15) is 69.7 Å². The van der Waals surface area contributed by atoms with E-state index >= 15 is 4.39 Å². The summed E-state index contributed by atoms with van der Waals surface area (Å²) >= 11 is 0. The predicted octanol–water partition coefficient (Wildman–Crippen LogP) is 4.29. The van der Waals surface area contributed by atoms with Gasteiger partial charge in [-0.1, -0.05) is 25.5 Å². The van der Waals surface area contributed by atoms with Gasteiger partial charge in [0.25, 0.3) is 5.91 Å². The van der Waals surface area contributed by atoms with Crippen molar-refractivity contribution >= 4 is 29.3 Å². The topological polar surface area (TPSA) is 142 Å². The summed E-state index contributed by atoms with van der Waals surface area (Å²) in [6, 6.07) is 6.63. The second-order valence-corrected chi connectivity index (χ2v) is 14.8. The fraction of sp³-hybridized carbons (Fsp3) is 0.600. The maximum atomic E-state index is 17.3. The molecule has 2 amide bonds. The summed E-state index contributed by atoms with van der Waals surface area (Å²) in [5.41, 5.74) is -4.83. The van der Waals surface area contributed by atoms with Crippen molar-refractivity contribution in [1.29, 1.82) is 0 Å². The number of Topliss-reactive ketones (excluding diaryl/α,β-unsaturated/α-hetero) is 1. The lowest BCUT2D eigenvalue weighted by atomic mass is 9.44. The SMILES string of the molecule is C[C@@H]1C[C@H]2[C@@H]3CCC4=CC(=O)C=C[C@]4(C)[C@@]3(F)[C@@H](O)C[C@]2(C)[C@@]1(O)C(=O)COC(=O)Nc1ccc(C(=O)NC2C3CCC32)cc1. The van der Waals surface area contributed by atoms with Gasteiger partial charge in [-0.2, -0.15) is 0 Å². The summed E-state index contributed by atoms with van der Waals surface area (Å²) in [7, 11) is 0. The van der Waals surface area contributed by atoms with Crippen LogP contribution in [0.5, 0.6) is 0 Å². The third-order valence-corrected chi connectivity index (χ3v) is 12.8. The number of benzene rings is 1. The van der Waals surface area contributed by atoms with Crippen molar-refractivity contribution in [3.05, 3.63) is 53.6 Å². The molecule has 1 aromatic rings. The van der Waals surface area contributed by atoms with Gasteiger partial charge in [0, 0.05) is 34.0 Å². The van der Waals surface area contributed by atoms with Crippen LogP contribution in [0.25, 0.3) is 0 Å². The van der Waals surface area contributed by atoms with E-state index < -0.39 is 64.4 Å². The maximum absolute atomic E-state index is 17.3. The highest BCUT2D eigenvalue weighted by Gasteiger charge is 2.75. The van der Waals surface area contributed by atoms with Gasteiger partial charge in [0.05, 0.1) is 6.10 Å². The molecule has 0 spiro atoms. The van der Waals surface area contributed by atoms with Crippen LogP contribution in [0.2, 0.25) is 0 Å². The Morgan fingerprint density at radius 1 is 1.07 bits per heavy atom. The number of anilines is 1. The molecule has 4 N–H and O–H groups in total. The van der Waals surface area contributed by atoms with Crippen molar-refractivity contribution < 1.29 is 38.5 Å². The monoisotopic (exact) mass is 620 g/mol. The number of hydrogen-bond donors (Lipinski definition) is 4. The average Bonchev–Trinajstić information content (AvgIpc) is 3.42. The first-order valence-corrected chi connectivity index (χ1v) is 16.2. The fourth-order valence-electron chi connectivity index (χ4n) is 10.0. The van der Waals surface area contributed by atoms with Crippen LogP contribution >= 0.6 is 0 Å². The summed E-state index contributed by atoms with van der Waals surface area (Å²) in [6.45, 7) is 4.51. The number of ether oxygens (including phenoxy) is 1. The molecule has 0 saturated heterocycles. The molecule has 10 atom stereocenters. The lowest BCUT2D eigenvalue weighted by molar-refractivity contribution is -0.219. The molecule has 10 heteroatoms. The lowest BCUT2D eigenvalue weighted by Gasteiger charge is -2.62. The molecule has 0 heterocycles. The second kappa shape index (κ2) is 10.1. The van der Waals surface area contributed by atoms with E-state index in [1.807, 2.05) is 0 Å². The van der Waals surface area contributed by atoms with Crippen LogP contribution in [-0.4, -0.2) is 63.8 Å². The number of nitrogens with one attached hydrogen (secondary N) is 2. The Labute approximate surface area is 261 Å². The van der Waals surface area contributed by atoms with Crippen LogP contribution < -0.4 is 10.6 Å². The molecule has 240 valence electrons. The van der Waals surface area contributed by atoms with Crippen LogP contribution in [0.4, 0.5) is 14.9 Å². The van der Waals surface area contributed by atoms with Gasteiger partial charge in [-0.15, -0.1) is 0 Å². The number of amides is 2. The minimum Gasteiger partial charge on any atom is -0.441 e. The van der Waals surface area contributed by atoms with E-state index in [0.29, 0.717) is 47.9 Å². The molecule has 0 aromatic heterocycles. The minimum atomic E-state index is -2.07. The Balaban J connectivity index is 1.01. The number of rotatable bonds is 6. The molecular weight excluding hydrogens is 579 g/mol. The van der Waals surface area contributed by atoms with Gasteiger partial charge in [-0.3, -0.25) is 19.7 Å². The van der Waals surface area contributed by atoms with Gasteiger partial charge < -0.3 is 20.3 Å². The van der Waals surface area contributed by atoms with Crippen molar-refractivity contribution in [2.24, 2.45) is 40.4 Å². The van der Waals surface area contributed by atoms with E-state index in [2.05, 4.69) is 10.6 Å². The van der Waals surface area contributed by atoms with E-state index in [4.69, 9.17) is 4.74 Å². The fourth-order valence-corrected chi connectivity index (χ4v) is 10.0. The number of aliphatic hydroxyl groups is 2. The van der Waals surface area contributed by atoms with Gasteiger partial charge in [0.2, 0.25) is 5.78 Å². The summed E-state index contributed by atoms with van der Waals surface area (Å²) < 4.78 is 22.6. The Hall–Kier alpha value is -3.37. The smallest absolute Gasteiger partial charge is 0.412 e. The largest absolute Gasteiger partial charge is 0.441 e. The van der Waals surface area contributed by atoms with Crippen molar-refractivity contribution in [1.82, 2.24) is 5.32 Å². The first-order valence-electron chi connectivity index (χ1n) is 16.2. The first-order chi connectivity index (χ1) is 21.2. The second-order valence-electron chi connectivity index (χ2n) is 14.8. The number of aliphatic hydroxyl groups excluding tert-OH is 1. The quantitative estimate of drug-likeness (QED) is 0.372. The van der Waals surface area contributed by atoms with Gasteiger partial charge >= 0.3 is 6.09 Å². The first kappa shape index (κ1) is 30.3. The van der Waals surface area contributed by atoms with E-state index in [-0.39, 0.29) is 24.2 Å². The van der Waals surface area contributed by atoms with Gasteiger partial charge in [-0.05, 0) is 106 Å². The van der Waals surface area contributed by atoms with Gasteiger partial charge in [0.15, 0.2) is 18.1 Å². The molecule has 0 radical (unpaired) electrons. The zero-order valence-corrected chi connectivity index (χ0v) is 25.8. The number of allylic oxidation sites excluding steroid dienone is 4. The van der Waals surface area contributed by atoms with Gasteiger partial charge in [-0.25, -0.2) is 9.18 Å². The molecule has 45 heavy (non-hydrogen) atoms. The van der Waals surface area contributed by atoms with Crippen molar-refractivity contribution in [2.75, 3.05) is 11.9 Å². The minimum absolute atomic E-state index is 0.151. The van der Waals surface area contributed by atoms with Crippen molar-refractivity contribution in [3.8, 4) is 0 Å². The van der Waals surface area contributed by atoms with Crippen LogP contribution in [0.3, 0.4) is 0 Å². The zero-order valence-electron chi connectivity index (χ0n) is 25.8. The van der Waals surface area contributed by atoms with Crippen molar-refractivity contribution in [2.45, 2.75) is 82.7 Å². The number of alkyl halides is 1. The third kappa shape index (κ3) is 4.17. The molecule has 6 aliphatic carbocycles. The summed E-state index contributed by atoms with van der Waals surface area (Å²) in [6.07, 6.45) is 5.43. The Morgan fingerprint density at radius 2 is 1.76 bits per heavy atom. The summed E-state index contributed by atoms with van der Waals surface area (Å²) in [5.74, 6) is -1.44. The number of carbonyl (C=O) groups is 4. The van der Waals surface area contributed by atoms with Crippen molar-refractivity contribution in [3.63, 3.8) is 0 Å². The molecule has 0 bridgehead atoms. The number of hydrogen-bond acceptors (Lipinski definition) is 7.